The van der Waals surface area contributed by atoms with E-state index in [1.807, 2.05) is 23.1 Å². The van der Waals surface area contributed by atoms with Crippen LogP contribution in [0.5, 0.6) is 0 Å². The summed E-state index contributed by atoms with van der Waals surface area (Å²) in [5, 5.41) is 0. The van der Waals surface area contributed by atoms with Crippen LogP contribution in [-0.4, -0.2) is 36.0 Å². The molecule has 1 aliphatic rings. The Kier molecular flexibility index (Phi) is 4.73. The normalized spacial score (nSPS) is 19.9. The minimum atomic E-state index is 0.413. The number of aryl methyl sites for hydroxylation is 1. The molecule has 1 aliphatic heterocycles. The first kappa shape index (κ1) is 12.9. The summed E-state index contributed by atoms with van der Waals surface area (Å²) in [6.07, 6.45) is 0. The van der Waals surface area contributed by atoms with Crippen molar-refractivity contribution in [2.24, 2.45) is 5.73 Å². The number of nitrogens with zero attached hydrogens (tertiary/aromatic N) is 1. The maximum absolute atomic E-state index is 5.94. The van der Waals surface area contributed by atoms with Gasteiger partial charge in [0.15, 0.2) is 0 Å². The van der Waals surface area contributed by atoms with Crippen molar-refractivity contribution in [2.45, 2.75) is 13.0 Å². The molecule has 1 unspecified atom stereocenters. The lowest BCUT2D eigenvalue weighted by molar-refractivity contribution is 0.226. The average molecular weight is 321 g/mol. The summed E-state index contributed by atoms with van der Waals surface area (Å²) in [6.45, 7) is 5.21. The summed E-state index contributed by atoms with van der Waals surface area (Å²) in [7, 11) is 0. The van der Waals surface area contributed by atoms with Gasteiger partial charge in [0.2, 0.25) is 0 Å². The number of rotatable bonds is 3. The Bertz CT molecular complexity index is 328. The molecule has 1 saturated heterocycles. The second kappa shape index (κ2) is 5.87. The predicted octanol–water partition coefficient (Wildman–Crippen LogP) is 2.87. The minimum Gasteiger partial charge on any atom is -0.329 e. The van der Waals surface area contributed by atoms with Crippen molar-refractivity contribution in [1.82, 2.24) is 4.90 Å². The smallest absolute Gasteiger partial charge is 0.0565 e. The van der Waals surface area contributed by atoms with Gasteiger partial charge in [0, 0.05) is 45.4 Å². The Morgan fingerprint density at radius 3 is 2.69 bits per heavy atom. The van der Waals surface area contributed by atoms with Crippen LogP contribution in [0.4, 0.5) is 0 Å². The van der Waals surface area contributed by atoms with Crippen LogP contribution in [0.3, 0.4) is 0 Å². The molecular formula is C11H17BrN2S2. The fourth-order valence-corrected chi connectivity index (χ4v) is 4.62. The van der Waals surface area contributed by atoms with Crippen LogP contribution in [0.2, 0.25) is 0 Å². The highest BCUT2D eigenvalue weighted by Crippen LogP contribution is 2.33. The molecule has 0 radical (unpaired) electrons. The monoisotopic (exact) mass is 320 g/mol. The molecule has 90 valence electrons. The van der Waals surface area contributed by atoms with Gasteiger partial charge < -0.3 is 5.73 Å². The molecule has 5 heteroatoms. The molecule has 2 rings (SSSR count). The molecule has 1 aromatic heterocycles. The molecule has 2 heterocycles. The Morgan fingerprint density at radius 2 is 2.19 bits per heavy atom. The summed E-state index contributed by atoms with van der Waals surface area (Å²) in [4.78, 5) is 5.27. The molecule has 0 amide bonds. The zero-order valence-corrected chi connectivity index (χ0v) is 12.6. The van der Waals surface area contributed by atoms with Crippen molar-refractivity contribution in [2.75, 3.05) is 31.1 Å². The number of hydrogen-bond donors (Lipinski definition) is 1. The van der Waals surface area contributed by atoms with Crippen LogP contribution in [0.1, 0.15) is 15.8 Å². The first-order chi connectivity index (χ1) is 7.72. The van der Waals surface area contributed by atoms with Gasteiger partial charge in [0.05, 0.1) is 6.04 Å². The van der Waals surface area contributed by atoms with Crippen LogP contribution < -0.4 is 5.73 Å². The first-order valence-electron chi connectivity index (χ1n) is 5.50. The van der Waals surface area contributed by atoms with E-state index in [9.17, 15) is 0 Å². The quantitative estimate of drug-likeness (QED) is 0.928. The standard InChI is InChI=1S/C11H17BrN2S2/c1-8-9(12)6-11(16-8)10(7-13)14-2-4-15-5-3-14/h6,10H,2-5,7,13H2,1H3. The van der Waals surface area contributed by atoms with Crippen LogP contribution in [0.15, 0.2) is 10.5 Å². The second-order valence-electron chi connectivity index (χ2n) is 3.95. The number of thiophene rings is 1. The van der Waals surface area contributed by atoms with Gasteiger partial charge in [-0.25, -0.2) is 0 Å². The van der Waals surface area contributed by atoms with E-state index < -0.39 is 0 Å². The highest BCUT2D eigenvalue weighted by molar-refractivity contribution is 9.10. The molecule has 0 aliphatic carbocycles. The van der Waals surface area contributed by atoms with Crippen molar-refractivity contribution < 1.29 is 0 Å². The molecule has 16 heavy (non-hydrogen) atoms. The SMILES string of the molecule is Cc1sc(C(CN)N2CCSCC2)cc1Br. The van der Waals surface area contributed by atoms with E-state index in [0.717, 1.165) is 6.54 Å². The van der Waals surface area contributed by atoms with Gasteiger partial charge >= 0.3 is 0 Å². The maximum Gasteiger partial charge on any atom is 0.0565 e. The number of halogens is 1. The van der Waals surface area contributed by atoms with Gasteiger partial charge in [-0.1, -0.05) is 0 Å². The lowest BCUT2D eigenvalue weighted by Gasteiger charge is -2.33. The lowest BCUT2D eigenvalue weighted by atomic mass is 10.2. The van der Waals surface area contributed by atoms with Crippen molar-refractivity contribution >= 4 is 39.0 Å². The van der Waals surface area contributed by atoms with E-state index in [4.69, 9.17) is 5.73 Å². The zero-order chi connectivity index (χ0) is 11.5. The third kappa shape index (κ3) is 2.82. The molecular weight excluding hydrogens is 304 g/mol. The maximum atomic E-state index is 5.94. The van der Waals surface area contributed by atoms with Gasteiger partial charge in [-0.05, 0) is 28.9 Å². The fraction of sp³-hybridized carbons (Fsp3) is 0.636. The van der Waals surface area contributed by atoms with Gasteiger partial charge in [-0.2, -0.15) is 11.8 Å². The predicted molar refractivity (Wildman–Crippen MR) is 77.4 cm³/mol. The summed E-state index contributed by atoms with van der Waals surface area (Å²) in [6, 6.07) is 2.65. The lowest BCUT2D eigenvalue weighted by Crippen LogP contribution is -2.39. The van der Waals surface area contributed by atoms with Crippen molar-refractivity contribution in [3.8, 4) is 0 Å². The topological polar surface area (TPSA) is 29.3 Å². The average Bonchev–Trinajstić information content (AvgIpc) is 2.61. The molecule has 2 nitrogen and oxygen atoms in total. The van der Waals surface area contributed by atoms with Gasteiger partial charge in [-0.3, -0.25) is 4.90 Å². The Morgan fingerprint density at radius 1 is 1.50 bits per heavy atom. The van der Waals surface area contributed by atoms with Crippen molar-refractivity contribution in [1.29, 1.82) is 0 Å². The molecule has 1 aromatic rings. The van der Waals surface area contributed by atoms with E-state index in [1.54, 1.807) is 0 Å². The van der Waals surface area contributed by atoms with E-state index in [-0.39, 0.29) is 0 Å². The molecule has 2 N–H and O–H groups in total. The zero-order valence-electron chi connectivity index (χ0n) is 9.41. The van der Waals surface area contributed by atoms with Crippen LogP contribution in [0.25, 0.3) is 0 Å². The Labute approximate surface area is 114 Å². The van der Waals surface area contributed by atoms with Gasteiger partial charge in [0.25, 0.3) is 0 Å². The molecule has 0 spiro atoms. The molecule has 0 bridgehead atoms. The number of thioether (sulfide) groups is 1. The highest BCUT2D eigenvalue weighted by atomic mass is 79.9. The number of hydrogen-bond acceptors (Lipinski definition) is 4. The molecule has 1 atom stereocenters. The third-order valence-electron chi connectivity index (χ3n) is 2.91. The van der Waals surface area contributed by atoms with Gasteiger partial charge in [-0.15, -0.1) is 11.3 Å². The van der Waals surface area contributed by atoms with E-state index in [2.05, 4.69) is 33.8 Å². The van der Waals surface area contributed by atoms with Crippen molar-refractivity contribution in [3.05, 3.63) is 20.3 Å². The summed E-state index contributed by atoms with van der Waals surface area (Å²) in [5.41, 5.74) is 5.94. The van der Waals surface area contributed by atoms with Crippen LogP contribution in [-0.2, 0) is 0 Å². The minimum absolute atomic E-state index is 0.413. The Balaban J connectivity index is 2.14. The number of nitrogens with two attached hydrogens (primary N) is 1. The highest BCUT2D eigenvalue weighted by Gasteiger charge is 2.23. The second-order valence-corrected chi connectivity index (χ2v) is 7.32. The largest absolute Gasteiger partial charge is 0.329 e. The first-order valence-corrected chi connectivity index (χ1v) is 8.26. The summed E-state index contributed by atoms with van der Waals surface area (Å²) in [5.74, 6) is 2.48. The van der Waals surface area contributed by atoms with Crippen LogP contribution in [0, 0.1) is 6.92 Å². The molecule has 0 saturated carbocycles. The van der Waals surface area contributed by atoms with Crippen LogP contribution >= 0.6 is 39.0 Å². The summed E-state index contributed by atoms with van der Waals surface area (Å²) >= 11 is 7.49. The van der Waals surface area contributed by atoms with E-state index >= 15 is 0 Å². The van der Waals surface area contributed by atoms with Crippen molar-refractivity contribution in [3.63, 3.8) is 0 Å². The third-order valence-corrected chi connectivity index (χ3v) is 6.09. The molecule has 0 aromatic carbocycles. The van der Waals surface area contributed by atoms with Gasteiger partial charge in [0.1, 0.15) is 0 Å². The van der Waals surface area contributed by atoms with E-state index in [1.165, 1.54) is 38.8 Å². The molecule has 1 fully saturated rings. The fourth-order valence-electron chi connectivity index (χ4n) is 1.98. The Hall–Kier alpha value is 0.450. The van der Waals surface area contributed by atoms with E-state index in [0.29, 0.717) is 6.04 Å². The summed E-state index contributed by atoms with van der Waals surface area (Å²) < 4.78 is 1.22.